The molecule has 3 heterocycles. The number of anilines is 3. The monoisotopic (exact) mass is 700 g/mol. The van der Waals surface area contributed by atoms with Gasteiger partial charge >= 0.3 is 0 Å². The molecule has 12 heteroatoms. The Balaban J connectivity index is 1.40. The fourth-order valence-corrected chi connectivity index (χ4v) is 6.73. The summed E-state index contributed by atoms with van der Waals surface area (Å²) >= 11 is 12.9. The van der Waals surface area contributed by atoms with Crippen LogP contribution in [0.3, 0.4) is 0 Å². The molecule has 49 heavy (non-hydrogen) atoms. The molecule has 1 saturated heterocycles. The zero-order valence-electron chi connectivity index (χ0n) is 28.1. The molecular formula is C37H39Cl2FN8O. The van der Waals surface area contributed by atoms with Gasteiger partial charge in [-0.2, -0.15) is 5.26 Å². The quantitative estimate of drug-likeness (QED) is 0.147. The Hall–Kier alpha value is -4.27. The number of rotatable bonds is 8. The average Bonchev–Trinajstić information content (AvgIpc) is 3.55. The summed E-state index contributed by atoms with van der Waals surface area (Å²) in [6, 6.07) is 17.6. The molecule has 3 aromatic carbocycles. The fraction of sp³-hybridized carbons (Fsp3) is 0.351. The van der Waals surface area contributed by atoms with Gasteiger partial charge in [-0.15, -0.1) is 5.10 Å². The van der Waals surface area contributed by atoms with E-state index in [1.807, 2.05) is 41.2 Å². The first kappa shape index (κ1) is 34.6. The Morgan fingerprint density at radius 2 is 1.73 bits per heavy atom. The van der Waals surface area contributed by atoms with Crippen molar-refractivity contribution in [1.82, 2.24) is 24.9 Å². The largest absolute Gasteiger partial charge is 0.386 e. The molecular weight excluding hydrogens is 662 g/mol. The van der Waals surface area contributed by atoms with E-state index in [-0.39, 0.29) is 22.2 Å². The van der Waals surface area contributed by atoms with Gasteiger partial charge in [0.1, 0.15) is 17.6 Å². The molecule has 1 fully saturated rings. The lowest BCUT2D eigenvalue weighted by Crippen LogP contribution is -2.46. The van der Waals surface area contributed by atoms with Crippen molar-refractivity contribution in [2.24, 2.45) is 0 Å². The number of nitrogens with zero attached hydrogens (tertiary/aromatic N) is 6. The number of likely N-dealkylation sites (tertiary alicyclic amines) is 1. The number of piperidine rings is 1. The van der Waals surface area contributed by atoms with Crippen molar-refractivity contribution in [2.45, 2.75) is 70.7 Å². The maximum Gasteiger partial charge on any atom is 0.141 e. The molecule has 1 aliphatic heterocycles. The Morgan fingerprint density at radius 3 is 2.41 bits per heavy atom. The van der Waals surface area contributed by atoms with Crippen LogP contribution in [0.15, 0.2) is 67.0 Å². The fourth-order valence-electron chi connectivity index (χ4n) is 6.28. The highest BCUT2D eigenvalue weighted by molar-refractivity contribution is 6.36. The van der Waals surface area contributed by atoms with Gasteiger partial charge in [0.2, 0.25) is 0 Å². The Kier molecular flexibility index (Phi) is 9.57. The van der Waals surface area contributed by atoms with Gasteiger partial charge in [0.25, 0.3) is 0 Å². The van der Waals surface area contributed by atoms with Crippen molar-refractivity contribution < 1.29 is 9.50 Å². The van der Waals surface area contributed by atoms with Crippen molar-refractivity contribution >= 4 is 51.2 Å². The van der Waals surface area contributed by atoms with Gasteiger partial charge in [-0.25, -0.2) is 9.07 Å². The SMILES string of the molecule is CC(C)(O)c1cccc(C(Nc2cc(Cl)c3ncc(C#N)c(Nc4ccc(F)c(Cl)c4)c3c2)c2cn(C3CCN(C(C)(C)C)CC3)nn2)c1. The Labute approximate surface area is 295 Å². The minimum atomic E-state index is -1.06. The smallest absolute Gasteiger partial charge is 0.141 e. The zero-order chi connectivity index (χ0) is 35.1. The minimum Gasteiger partial charge on any atom is -0.386 e. The van der Waals surface area contributed by atoms with Crippen LogP contribution in [0.1, 0.15) is 81.9 Å². The van der Waals surface area contributed by atoms with Gasteiger partial charge in [0.05, 0.1) is 50.7 Å². The maximum atomic E-state index is 13.9. The van der Waals surface area contributed by atoms with Crippen molar-refractivity contribution in [3.8, 4) is 6.07 Å². The molecule has 0 spiro atoms. The number of nitrogens with one attached hydrogen (secondary N) is 2. The van der Waals surface area contributed by atoms with Gasteiger partial charge in [-0.1, -0.05) is 52.7 Å². The number of aromatic nitrogens is 4. The second kappa shape index (κ2) is 13.6. The molecule has 1 atom stereocenters. The summed E-state index contributed by atoms with van der Waals surface area (Å²) in [6.45, 7) is 12.2. The number of hydrogen-bond acceptors (Lipinski definition) is 8. The number of fused-ring (bicyclic) bond motifs is 1. The molecule has 9 nitrogen and oxygen atoms in total. The molecule has 0 bridgehead atoms. The van der Waals surface area contributed by atoms with Crippen LogP contribution in [0.25, 0.3) is 10.9 Å². The zero-order valence-corrected chi connectivity index (χ0v) is 29.6. The maximum absolute atomic E-state index is 13.9. The van der Waals surface area contributed by atoms with E-state index in [1.165, 1.54) is 18.3 Å². The molecule has 0 radical (unpaired) electrons. The van der Waals surface area contributed by atoms with E-state index < -0.39 is 17.5 Å². The van der Waals surface area contributed by atoms with E-state index >= 15 is 0 Å². The first-order valence-corrected chi connectivity index (χ1v) is 17.0. The van der Waals surface area contributed by atoms with E-state index in [2.05, 4.69) is 57.7 Å². The van der Waals surface area contributed by atoms with Crippen LogP contribution >= 0.6 is 23.2 Å². The predicted octanol–water partition coefficient (Wildman–Crippen LogP) is 8.75. The first-order chi connectivity index (χ1) is 23.2. The number of benzene rings is 3. The van der Waals surface area contributed by atoms with Gasteiger partial charge in [0.15, 0.2) is 0 Å². The summed E-state index contributed by atoms with van der Waals surface area (Å²) < 4.78 is 15.9. The molecule has 6 rings (SSSR count). The number of pyridine rings is 1. The third-order valence-corrected chi connectivity index (χ3v) is 9.66. The van der Waals surface area contributed by atoms with E-state index in [0.29, 0.717) is 38.7 Å². The molecule has 2 aromatic heterocycles. The molecule has 1 aliphatic rings. The number of aliphatic hydroxyl groups is 1. The molecule has 3 N–H and O–H groups in total. The van der Waals surface area contributed by atoms with Gasteiger partial charge in [0, 0.05) is 41.6 Å². The molecule has 0 amide bonds. The molecule has 5 aromatic rings. The van der Waals surface area contributed by atoms with Crippen LogP contribution in [0.5, 0.6) is 0 Å². The van der Waals surface area contributed by atoms with Gasteiger partial charge in [-0.3, -0.25) is 9.88 Å². The molecule has 254 valence electrons. The number of nitriles is 1. The minimum absolute atomic E-state index is 0.0498. The van der Waals surface area contributed by atoms with Crippen molar-refractivity contribution in [2.75, 3.05) is 23.7 Å². The molecule has 1 unspecified atom stereocenters. The standard InChI is InChI=1S/C37H39Cl2FN8O/c1-36(2,3)47-13-11-27(12-14-47)48-21-32(45-46-48)34(22-7-6-8-24(15-22)37(4,5)49)44-26-16-28-33(43-25-9-10-31(40)29(38)17-25)23(19-41)20-42-35(28)30(39)18-26/h6-10,15-18,20-21,27,34,44,49H,11-14H2,1-5H3,(H,42,43). The van der Waals surface area contributed by atoms with E-state index in [9.17, 15) is 14.8 Å². The Morgan fingerprint density at radius 1 is 1.00 bits per heavy atom. The van der Waals surface area contributed by atoms with Crippen LogP contribution in [-0.4, -0.2) is 48.6 Å². The lowest BCUT2D eigenvalue weighted by atomic mass is 9.93. The topological polar surface area (TPSA) is 115 Å². The van der Waals surface area contributed by atoms with Crippen molar-refractivity contribution in [3.05, 3.63) is 105 Å². The number of halogens is 3. The summed E-state index contributed by atoms with van der Waals surface area (Å²) in [4.78, 5) is 6.97. The highest BCUT2D eigenvalue weighted by atomic mass is 35.5. The highest BCUT2D eigenvalue weighted by Gasteiger charge is 2.29. The highest BCUT2D eigenvalue weighted by Crippen LogP contribution is 2.38. The summed E-state index contributed by atoms with van der Waals surface area (Å²) in [6.07, 6.45) is 5.38. The average molecular weight is 702 g/mol. The van der Waals surface area contributed by atoms with Crippen LogP contribution in [-0.2, 0) is 5.60 Å². The van der Waals surface area contributed by atoms with E-state index in [4.69, 9.17) is 23.2 Å². The summed E-state index contributed by atoms with van der Waals surface area (Å²) in [5.74, 6) is -0.547. The normalized spacial score (nSPS) is 15.3. The predicted molar refractivity (Wildman–Crippen MR) is 193 cm³/mol. The molecule has 0 saturated carbocycles. The van der Waals surface area contributed by atoms with Gasteiger partial charge < -0.3 is 15.7 Å². The van der Waals surface area contributed by atoms with Gasteiger partial charge in [-0.05, 0) is 88.9 Å². The van der Waals surface area contributed by atoms with Crippen LogP contribution in [0.2, 0.25) is 10.0 Å². The summed E-state index contributed by atoms with van der Waals surface area (Å²) in [7, 11) is 0. The second-order valence-electron chi connectivity index (χ2n) is 14.0. The Bertz CT molecular complexity index is 2040. The number of hydrogen-bond donors (Lipinski definition) is 3. The second-order valence-corrected chi connectivity index (χ2v) is 14.9. The lowest BCUT2D eigenvalue weighted by Gasteiger charge is -2.40. The third kappa shape index (κ3) is 7.51. The van der Waals surface area contributed by atoms with E-state index in [0.717, 1.165) is 37.1 Å². The van der Waals surface area contributed by atoms with Crippen LogP contribution in [0.4, 0.5) is 21.5 Å². The van der Waals surface area contributed by atoms with Crippen molar-refractivity contribution in [3.63, 3.8) is 0 Å². The summed E-state index contributed by atoms with van der Waals surface area (Å²) in [5, 5.41) is 37.8. The van der Waals surface area contributed by atoms with Crippen LogP contribution < -0.4 is 10.6 Å². The first-order valence-electron chi connectivity index (χ1n) is 16.2. The molecule has 0 aliphatic carbocycles. The van der Waals surface area contributed by atoms with Crippen molar-refractivity contribution in [1.29, 1.82) is 5.26 Å². The third-order valence-electron chi connectivity index (χ3n) is 9.08. The summed E-state index contributed by atoms with van der Waals surface area (Å²) in [5.41, 5.74) is 3.72. The van der Waals surface area contributed by atoms with E-state index in [1.54, 1.807) is 26.0 Å². The lowest BCUT2D eigenvalue weighted by molar-refractivity contribution is 0.0785. The van der Waals surface area contributed by atoms with Crippen LogP contribution in [0, 0.1) is 17.1 Å².